The van der Waals surface area contributed by atoms with Crippen molar-refractivity contribution < 1.29 is 9.53 Å². The highest BCUT2D eigenvalue weighted by Crippen LogP contribution is 2.29. The number of methoxy groups -OCH3 is 1. The van der Waals surface area contributed by atoms with Crippen LogP contribution in [0.25, 0.3) is 0 Å². The fourth-order valence-corrected chi connectivity index (χ4v) is 2.39. The number of carbonyl (C=O) groups is 1. The number of anilines is 1. The van der Waals surface area contributed by atoms with Gasteiger partial charge in [-0.25, -0.2) is 4.99 Å². The van der Waals surface area contributed by atoms with Gasteiger partial charge < -0.3 is 15.8 Å². The van der Waals surface area contributed by atoms with E-state index in [4.69, 9.17) is 10.5 Å². The zero-order valence-corrected chi connectivity index (χ0v) is 13.8. The summed E-state index contributed by atoms with van der Waals surface area (Å²) in [7, 11) is 1.63. The Morgan fingerprint density at radius 2 is 2.00 bits per heavy atom. The first-order valence-corrected chi connectivity index (χ1v) is 8.21. The first-order valence-electron chi connectivity index (χ1n) is 6.99. The third-order valence-corrected chi connectivity index (χ3v) is 3.85. The number of amides is 1. The highest BCUT2D eigenvalue weighted by molar-refractivity contribution is 8.13. The maximum Gasteiger partial charge on any atom is 0.211 e. The highest BCUT2D eigenvalue weighted by atomic mass is 32.2. The Morgan fingerprint density at radius 1 is 1.26 bits per heavy atom. The van der Waals surface area contributed by atoms with Gasteiger partial charge in [0.1, 0.15) is 11.8 Å². The van der Waals surface area contributed by atoms with E-state index in [1.54, 1.807) is 7.11 Å². The van der Waals surface area contributed by atoms with Gasteiger partial charge in [0.2, 0.25) is 6.41 Å². The number of nitrogens with two attached hydrogens (primary N) is 1. The van der Waals surface area contributed by atoms with Crippen LogP contribution in [0.2, 0.25) is 0 Å². The molecule has 0 fully saturated rings. The Balaban J connectivity index is 2.44. The average Bonchev–Trinajstić information content (AvgIpc) is 2.60. The summed E-state index contributed by atoms with van der Waals surface area (Å²) >= 11 is 1.40. The second-order valence-electron chi connectivity index (χ2n) is 4.73. The second kappa shape index (κ2) is 8.24. The SMILES string of the molecule is COc1ccc(C(N=C(N)SC)c2cccc(NC=O)c2)cc1. The summed E-state index contributed by atoms with van der Waals surface area (Å²) < 4.78 is 5.19. The smallest absolute Gasteiger partial charge is 0.211 e. The largest absolute Gasteiger partial charge is 0.497 e. The molecule has 23 heavy (non-hydrogen) atoms. The molecule has 2 aromatic carbocycles. The molecule has 3 N–H and O–H groups in total. The van der Waals surface area contributed by atoms with Crippen molar-refractivity contribution in [2.24, 2.45) is 10.7 Å². The average molecular weight is 329 g/mol. The number of nitrogens with zero attached hydrogens (tertiary/aromatic N) is 1. The summed E-state index contributed by atoms with van der Waals surface area (Å²) in [5, 5.41) is 3.15. The van der Waals surface area contributed by atoms with Gasteiger partial charge in [-0.15, -0.1) is 0 Å². The molecule has 120 valence electrons. The van der Waals surface area contributed by atoms with E-state index in [9.17, 15) is 4.79 Å². The van der Waals surface area contributed by atoms with E-state index in [2.05, 4.69) is 10.3 Å². The molecule has 0 bridgehead atoms. The predicted octanol–water partition coefficient (Wildman–Crippen LogP) is 3.03. The van der Waals surface area contributed by atoms with E-state index in [-0.39, 0.29) is 6.04 Å². The summed E-state index contributed by atoms with van der Waals surface area (Å²) in [6, 6.07) is 15.0. The Labute approximate surface area is 139 Å². The summed E-state index contributed by atoms with van der Waals surface area (Å²) in [6.45, 7) is 0. The molecule has 1 atom stereocenters. The molecule has 0 radical (unpaired) electrons. The summed E-state index contributed by atoms with van der Waals surface area (Å²) in [6.07, 6.45) is 2.54. The summed E-state index contributed by atoms with van der Waals surface area (Å²) in [4.78, 5) is 15.2. The highest BCUT2D eigenvalue weighted by Gasteiger charge is 2.14. The van der Waals surface area contributed by atoms with E-state index in [0.717, 1.165) is 16.9 Å². The van der Waals surface area contributed by atoms with Crippen molar-refractivity contribution in [1.29, 1.82) is 0 Å². The number of aliphatic imine (C=N–C) groups is 1. The van der Waals surface area contributed by atoms with Gasteiger partial charge in [-0.2, -0.15) is 0 Å². The molecule has 0 heterocycles. The number of rotatable bonds is 6. The zero-order chi connectivity index (χ0) is 16.7. The van der Waals surface area contributed by atoms with Gasteiger partial charge in [-0.3, -0.25) is 4.79 Å². The van der Waals surface area contributed by atoms with E-state index in [1.165, 1.54) is 11.8 Å². The molecule has 0 aliphatic carbocycles. The number of hydrogen-bond donors (Lipinski definition) is 2. The Kier molecular flexibility index (Phi) is 6.05. The molecule has 0 aromatic heterocycles. The van der Waals surface area contributed by atoms with Crippen LogP contribution in [0.4, 0.5) is 5.69 Å². The van der Waals surface area contributed by atoms with Crippen LogP contribution in [0, 0.1) is 0 Å². The molecular formula is C17H19N3O2S. The molecule has 0 spiro atoms. The second-order valence-corrected chi connectivity index (χ2v) is 5.56. The van der Waals surface area contributed by atoms with Crippen LogP contribution in [-0.2, 0) is 4.79 Å². The maximum absolute atomic E-state index is 10.6. The van der Waals surface area contributed by atoms with Crippen molar-refractivity contribution in [2.75, 3.05) is 18.7 Å². The van der Waals surface area contributed by atoms with E-state index in [0.29, 0.717) is 17.3 Å². The number of ether oxygens (including phenoxy) is 1. The molecule has 6 heteroatoms. The fraction of sp³-hybridized carbons (Fsp3) is 0.176. The Bertz CT molecular complexity index is 686. The molecule has 0 aliphatic rings. The van der Waals surface area contributed by atoms with Crippen LogP contribution in [0.15, 0.2) is 53.5 Å². The first kappa shape index (κ1) is 16.9. The van der Waals surface area contributed by atoms with Crippen molar-refractivity contribution in [2.45, 2.75) is 6.04 Å². The standard InChI is InChI=1S/C17H19N3O2S/c1-22-15-8-6-12(7-9-15)16(20-17(18)23-2)13-4-3-5-14(10-13)19-11-21/h3-11,16H,1-2H3,(H2,18,20)(H,19,21). The van der Waals surface area contributed by atoms with Crippen LogP contribution in [0.3, 0.4) is 0 Å². The quantitative estimate of drug-likeness (QED) is 0.485. The lowest BCUT2D eigenvalue weighted by molar-refractivity contribution is -0.105. The maximum atomic E-state index is 10.6. The van der Waals surface area contributed by atoms with Crippen molar-refractivity contribution in [3.8, 4) is 5.75 Å². The summed E-state index contributed by atoms with van der Waals surface area (Å²) in [5.41, 5.74) is 8.57. The minimum absolute atomic E-state index is 0.248. The predicted molar refractivity (Wildman–Crippen MR) is 96.1 cm³/mol. The first-order chi connectivity index (χ1) is 11.2. The fourth-order valence-electron chi connectivity index (χ4n) is 2.17. The third-order valence-electron chi connectivity index (χ3n) is 3.32. The van der Waals surface area contributed by atoms with Gasteiger partial charge in [0.15, 0.2) is 5.17 Å². The molecule has 0 saturated heterocycles. The van der Waals surface area contributed by atoms with Gasteiger partial charge in [0.05, 0.1) is 7.11 Å². The lowest BCUT2D eigenvalue weighted by Crippen LogP contribution is -2.10. The van der Waals surface area contributed by atoms with Crippen LogP contribution < -0.4 is 15.8 Å². The van der Waals surface area contributed by atoms with Crippen LogP contribution in [-0.4, -0.2) is 24.9 Å². The molecule has 2 aromatic rings. The van der Waals surface area contributed by atoms with Crippen molar-refractivity contribution in [3.05, 3.63) is 59.7 Å². The monoisotopic (exact) mass is 329 g/mol. The third kappa shape index (κ3) is 4.50. The van der Waals surface area contributed by atoms with Crippen molar-refractivity contribution in [3.63, 3.8) is 0 Å². The number of benzene rings is 2. The van der Waals surface area contributed by atoms with Crippen LogP contribution >= 0.6 is 11.8 Å². The van der Waals surface area contributed by atoms with Crippen LogP contribution in [0.1, 0.15) is 17.2 Å². The van der Waals surface area contributed by atoms with Gasteiger partial charge in [0.25, 0.3) is 0 Å². The topological polar surface area (TPSA) is 76.7 Å². The molecule has 1 amide bonds. The Morgan fingerprint density at radius 3 is 2.61 bits per heavy atom. The van der Waals surface area contributed by atoms with Gasteiger partial charge >= 0.3 is 0 Å². The number of carbonyl (C=O) groups excluding carboxylic acids is 1. The number of amidine groups is 1. The van der Waals surface area contributed by atoms with Gasteiger partial charge in [0, 0.05) is 5.69 Å². The van der Waals surface area contributed by atoms with E-state index >= 15 is 0 Å². The van der Waals surface area contributed by atoms with Crippen molar-refractivity contribution in [1.82, 2.24) is 0 Å². The lowest BCUT2D eigenvalue weighted by atomic mass is 9.98. The zero-order valence-electron chi connectivity index (χ0n) is 13.0. The van der Waals surface area contributed by atoms with Gasteiger partial charge in [-0.1, -0.05) is 36.0 Å². The lowest BCUT2D eigenvalue weighted by Gasteiger charge is -2.16. The molecule has 5 nitrogen and oxygen atoms in total. The van der Waals surface area contributed by atoms with Crippen molar-refractivity contribution >= 4 is 29.0 Å². The molecule has 0 saturated carbocycles. The minimum Gasteiger partial charge on any atom is -0.497 e. The number of hydrogen-bond acceptors (Lipinski definition) is 4. The minimum atomic E-state index is -0.248. The molecule has 0 aliphatic heterocycles. The molecule has 2 rings (SSSR count). The molecular weight excluding hydrogens is 310 g/mol. The summed E-state index contributed by atoms with van der Waals surface area (Å²) in [5.74, 6) is 0.783. The van der Waals surface area contributed by atoms with E-state index < -0.39 is 0 Å². The van der Waals surface area contributed by atoms with Crippen LogP contribution in [0.5, 0.6) is 5.75 Å². The number of thioether (sulfide) groups is 1. The Hall–Kier alpha value is -2.47. The van der Waals surface area contributed by atoms with E-state index in [1.807, 2.05) is 54.8 Å². The molecule has 1 unspecified atom stereocenters. The normalized spacial score (nSPS) is 12.5. The van der Waals surface area contributed by atoms with Gasteiger partial charge in [-0.05, 0) is 41.6 Å². The number of nitrogens with one attached hydrogen (secondary N) is 1.